The predicted molar refractivity (Wildman–Crippen MR) is 68.4 cm³/mol. The lowest BCUT2D eigenvalue weighted by Crippen LogP contribution is -2.24. The van der Waals surface area contributed by atoms with Gasteiger partial charge in [0.05, 0.1) is 17.1 Å². The highest BCUT2D eigenvalue weighted by atomic mass is 35.5. The number of aromatic nitrogens is 3. The van der Waals surface area contributed by atoms with E-state index in [0.29, 0.717) is 17.1 Å². The molecular formula is C12H13ClN4O. The van der Waals surface area contributed by atoms with Gasteiger partial charge in [-0.1, -0.05) is 11.6 Å². The quantitative estimate of drug-likeness (QED) is 0.918. The van der Waals surface area contributed by atoms with E-state index in [1.807, 2.05) is 24.7 Å². The van der Waals surface area contributed by atoms with Crippen molar-refractivity contribution < 1.29 is 4.79 Å². The second-order valence-electron chi connectivity index (χ2n) is 3.94. The minimum Gasteiger partial charge on any atom is -0.345 e. The van der Waals surface area contributed by atoms with Crippen LogP contribution in [0.5, 0.6) is 0 Å². The maximum atomic E-state index is 11.9. The third kappa shape index (κ3) is 2.68. The van der Waals surface area contributed by atoms with Crippen LogP contribution in [0.1, 0.15) is 21.9 Å². The minimum atomic E-state index is -0.254. The maximum Gasteiger partial charge on any atom is 0.254 e. The molecule has 1 amide bonds. The number of pyridine rings is 1. The summed E-state index contributed by atoms with van der Waals surface area (Å²) in [5.74, 6) is 0.523. The highest BCUT2D eigenvalue weighted by Crippen LogP contribution is 2.15. The highest BCUT2D eigenvalue weighted by molar-refractivity contribution is 6.33. The summed E-state index contributed by atoms with van der Waals surface area (Å²) in [5.41, 5.74) is 1.15. The fourth-order valence-electron chi connectivity index (χ4n) is 1.51. The van der Waals surface area contributed by atoms with E-state index in [2.05, 4.69) is 15.3 Å². The third-order valence-electron chi connectivity index (χ3n) is 2.56. The summed E-state index contributed by atoms with van der Waals surface area (Å²) in [6, 6.07) is 1.66. The summed E-state index contributed by atoms with van der Waals surface area (Å²) in [6.45, 7) is 2.17. The minimum absolute atomic E-state index is 0.254. The molecule has 0 saturated carbocycles. The van der Waals surface area contributed by atoms with E-state index in [9.17, 15) is 4.79 Å². The normalized spacial score (nSPS) is 10.4. The Morgan fingerprint density at radius 1 is 1.50 bits per heavy atom. The Balaban J connectivity index is 2.06. The molecule has 2 rings (SSSR count). The van der Waals surface area contributed by atoms with Crippen molar-refractivity contribution in [3.05, 3.63) is 46.8 Å². The lowest BCUT2D eigenvalue weighted by molar-refractivity contribution is 0.0949. The summed E-state index contributed by atoms with van der Waals surface area (Å²) >= 11 is 5.99. The van der Waals surface area contributed by atoms with E-state index in [1.54, 1.807) is 12.3 Å². The molecule has 5 nitrogen and oxygen atoms in total. The van der Waals surface area contributed by atoms with Crippen molar-refractivity contribution in [1.29, 1.82) is 0 Å². The van der Waals surface area contributed by atoms with Crippen LogP contribution in [0.2, 0.25) is 5.02 Å². The molecule has 2 heterocycles. The highest BCUT2D eigenvalue weighted by Gasteiger charge is 2.11. The van der Waals surface area contributed by atoms with Crippen molar-refractivity contribution in [3.8, 4) is 0 Å². The molecule has 18 heavy (non-hydrogen) atoms. The van der Waals surface area contributed by atoms with E-state index in [-0.39, 0.29) is 5.91 Å². The Kier molecular flexibility index (Phi) is 3.62. The second-order valence-corrected chi connectivity index (χ2v) is 4.35. The van der Waals surface area contributed by atoms with E-state index in [1.165, 1.54) is 6.20 Å². The Hall–Kier alpha value is -1.88. The molecule has 6 heteroatoms. The van der Waals surface area contributed by atoms with E-state index in [0.717, 1.165) is 11.5 Å². The van der Waals surface area contributed by atoms with Gasteiger partial charge < -0.3 is 9.88 Å². The summed E-state index contributed by atoms with van der Waals surface area (Å²) in [5, 5.41) is 3.16. The number of imidazole rings is 1. The molecule has 0 saturated heterocycles. The molecule has 0 aliphatic rings. The van der Waals surface area contributed by atoms with Gasteiger partial charge in [-0.2, -0.15) is 0 Å². The van der Waals surface area contributed by atoms with Crippen molar-refractivity contribution >= 4 is 17.5 Å². The number of nitrogens with zero attached hydrogens (tertiary/aromatic N) is 3. The van der Waals surface area contributed by atoms with Gasteiger partial charge >= 0.3 is 0 Å². The average Bonchev–Trinajstić information content (AvgIpc) is 2.72. The fourth-order valence-corrected chi connectivity index (χ4v) is 1.81. The number of halogens is 1. The zero-order valence-corrected chi connectivity index (χ0v) is 10.9. The Morgan fingerprint density at radius 3 is 2.89 bits per heavy atom. The lowest BCUT2D eigenvalue weighted by Gasteiger charge is -2.07. The molecule has 0 fully saturated rings. The van der Waals surface area contributed by atoms with Gasteiger partial charge in [-0.05, 0) is 13.0 Å². The molecule has 0 unspecified atom stereocenters. The Bertz CT molecular complexity index is 579. The first-order valence-electron chi connectivity index (χ1n) is 5.44. The largest absolute Gasteiger partial charge is 0.345 e. The molecule has 0 atom stereocenters. The topological polar surface area (TPSA) is 59.8 Å². The van der Waals surface area contributed by atoms with Crippen LogP contribution >= 0.6 is 11.6 Å². The zero-order chi connectivity index (χ0) is 13.1. The number of amides is 1. The van der Waals surface area contributed by atoms with Crippen molar-refractivity contribution in [2.75, 3.05) is 0 Å². The van der Waals surface area contributed by atoms with E-state index >= 15 is 0 Å². The monoisotopic (exact) mass is 264 g/mol. The molecule has 0 bridgehead atoms. The van der Waals surface area contributed by atoms with Crippen LogP contribution in [0, 0.1) is 6.92 Å². The molecular weight excluding hydrogens is 252 g/mol. The van der Waals surface area contributed by atoms with Gasteiger partial charge in [-0.15, -0.1) is 0 Å². The number of hydrogen-bond acceptors (Lipinski definition) is 3. The van der Waals surface area contributed by atoms with Crippen LogP contribution in [0.4, 0.5) is 0 Å². The molecule has 0 aliphatic heterocycles. The van der Waals surface area contributed by atoms with Crippen molar-refractivity contribution in [1.82, 2.24) is 19.9 Å². The molecule has 0 radical (unpaired) electrons. The van der Waals surface area contributed by atoms with Gasteiger partial charge in [-0.25, -0.2) is 4.98 Å². The molecule has 0 aromatic carbocycles. The summed E-state index contributed by atoms with van der Waals surface area (Å²) in [6.07, 6.45) is 4.98. The van der Waals surface area contributed by atoms with Crippen LogP contribution < -0.4 is 5.32 Å². The summed E-state index contributed by atoms with van der Waals surface area (Å²) in [4.78, 5) is 20.1. The van der Waals surface area contributed by atoms with Crippen LogP contribution in [0.3, 0.4) is 0 Å². The van der Waals surface area contributed by atoms with Crippen LogP contribution in [-0.4, -0.2) is 20.4 Å². The van der Waals surface area contributed by atoms with Gasteiger partial charge in [0.25, 0.3) is 5.91 Å². The van der Waals surface area contributed by atoms with Crippen LogP contribution in [0.15, 0.2) is 24.7 Å². The van der Waals surface area contributed by atoms with Gasteiger partial charge in [0.15, 0.2) is 0 Å². The van der Waals surface area contributed by atoms with Crippen molar-refractivity contribution in [3.63, 3.8) is 0 Å². The molecule has 0 spiro atoms. The summed E-state index contributed by atoms with van der Waals surface area (Å²) in [7, 11) is 1.87. The number of rotatable bonds is 3. The van der Waals surface area contributed by atoms with Gasteiger partial charge in [-0.3, -0.25) is 9.78 Å². The number of carbonyl (C=O) groups excluding carboxylic acids is 1. The van der Waals surface area contributed by atoms with Crippen LogP contribution in [-0.2, 0) is 13.6 Å². The first-order valence-corrected chi connectivity index (χ1v) is 5.82. The molecule has 2 aromatic heterocycles. The van der Waals surface area contributed by atoms with Crippen molar-refractivity contribution in [2.45, 2.75) is 13.5 Å². The Morgan fingerprint density at radius 2 is 2.28 bits per heavy atom. The van der Waals surface area contributed by atoms with Crippen LogP contribution in [0.25, 0.3) is 0 Å². The number of hydrogen-bond donors (Lipinski definition) is 1. The van der Waals surface area contributed by atoms with Gasteiger partial charge in [0, 0.05) is 31.3 Å². The number of nitrogens with one attached hydrogen (secondary N) is 1. The SMILES string of the molecule is Cc1cc(Cl)c(C(=O)NCc2nccn2C)cn1. The first-order chi connectivity index (χ1) is 8.58. The zero-order valence-electron chi connectivity index (χ0n) is 10.1. The lowest BCUT2D eigenvalue weighted by atomic mass is 10.2. The standard InChI is InChI=1S/C12H13ClN4O/c1-8-5-10(13)9(6-15-8)12(18)16-7-11-14-3-4-17(11)2/h3-6H,7H2,1-2H3,(H,16,18). The second kappa shape index (κ2) is 5.18. The third-order valence-corrected chi connectivity index (χ3v) is 2.88. The predicted octanol–water partition coefficient (Wildman–Crippen LogP) is 1.71. The number of aryl methyl sites for hydroxylation is 2. The first kappa shape index (κ1) is 12.6. The van der Waals surface area contributed by atoms with Gasteiger partial charge in [0.2, 0.25) is 0 Å². The van der Waals surface area contributed by atoms with Crippen molar-refractivity contribution in [2.24, 2.45) is 7.05 Å². The maximum absolute atomic E-state index is 11.9. The number of carbonyl (C=O) groups is 1. The van der Waals surface area contributed by atoms with E-state index < -0.39 is 0 Å². The fraction of sp³-hybridized carbons (Fsp3) is 0.250. The van der Waals surface area contributed by atoms with E-state index in [4.69, 9.17) is 11.6 Å². The molecule has 2 aromatic rings. The average molecular weight is 265 g/mol. The molecule has 0 aliphatic carbocycles. The molecule has 94 valence electrons. The Labute approximate surface area is 110 Å². The smallest absolute Gasteiger partial charge is 0.254 e. The summed E-state index contributed by atoms with van der Waals surface area (Å²) < 4.78 is 1.84. The molecule has 1 N–H and O–H groups in total. The van der Waals surface area contributed by atoms with Gasteiger partial charge in [0.1, 0.15) is 5.82 Å².